The second-order valence-electron chi connectivity index (χ2n) is 10.1. The lowest BCUT2D eigenvalue weighted by molar-refractivity contribution is -0.0257. The monoisotopic (exact) mass is 451 g/mol. The zero-order valence-electron chi connectivity index (χ0n) is 20.2. The fourth-order valence-corrected chi connectivity index (χ4v) is 6.12. The van der Waals surface area contributed by atoms with Crippen LogP contribution in [0.4, 0.5) is 0 Å². The van der Waals surface area contributed by atoms with Crippen molar-refractivity contribution in [2.24, 2.45) is 11.0 Å². The Balaban J connectivity index is 2.32. The van der Waals surface area contributed by atoms with Crippen molar-refractivity contribution in [3.8, 4) is 0 Å². The van der Waals surface area contributed by atoms with Gasteiger partial charge in [0.25, 0.3) is 5.56 Å². The molecule has 1 aliphatic rings. The summed E-state index contributed by atoms with van der Waals surface area (Å²) in [5, 5.41) is 3.95. The van der Waals surface area contributed by atoms with E-state index in [1.807, 2.05) is 0 Å². The van der Waals surface area contributed by atoms with E-state index in [-0.39, 0.29) is 16.6 Å². The van der Waals surface area contributed by atoms with Crippen LogP contribution in [0, 0.1) is 12.8 Å². The molecular weight excluding hydrogens is 414 g/mol. The van der Waals surface area contributed by atoms with Crippen molar-refractivity contribution in [1.29, 1.82) is 0 Å². The van der Waals surface area contributed by atoms with Gasteiger partial charge in [0.05, 0.1) is 18.8 Å². The maximum Gasteiger partial charge on any atom is 0.333 e. The van der Waals surface area contributed by atoms with Gasteiger partial charge in [-0.05, 0) is 50.4 Å². The van der Waals surface area contributed by atoms with Gasteiger partial charge in [0.2, 0.25) is 0 Å². The van der Waals surface area contributed by atoms with Crippen LogP contribution in [0.2, 0.25) is 18.1 Å². The summed E-state index contributed by atoms with van der Waals surface area (Å²) in [7, 11) is -2.10. The Morgan fingerprint density at radius 3 is 2.45 bits per heavy atom. The smallest absolute Gasteiger partial charge is 0.333 e. The molecule has 174 valence electrons. The first-order chi connectivity index (χ1) is 14.2. The Labute approximate surface area is 185 Å². The van der Waals surface area contributed by atoms with E-state index in [9.17, 15) is 9.59 Å². The van der Waals surface area contributed by atoms with Crippen LogP contribution in [-0.4, -0.2) is 36.2 Å². The summed E-state index contributed by atoms with van der Waals surface area (Å²) >= 11 is 0. The minimum absolute atomic E-state index is 0.0415. The van der Waals surface area contributed by atoms with Crippen molar-refractivity contribution in [2.75, 3.05) is 6.61 Å². The molecule has 1 aliphatic heterocycles. The van der Waals surface area contributed by atoms with Gasteiger partial charge in [0, 0.05) is 29.1 Å². The summed E-state index contributed by atoms with van der Waals surface area (Å²) in [4.78, 5) is 28.4. The highest BCUT2D eigenvalue weighted by molar-refractivity contribution is 6.74. The van der Waals surface area contributed by atoms with Crippen LogP contribution in [-0.2, 0) is 9.16 Å². The lowest BCUT2D eigenvalue weighted by Gasteiger charge is -2.43. The Hall–Kier alpha value is -1.87. The standard InChI is InChI=1S/C21H37N5O4Si/c1-13(2)21(6,7)31(8,9)29-12-17-16(23-24-22)10-18(30-17)25-11-15(5)19(27)26(14(3)4)20(25)28/h11,13-14,16-18H,10,12H2,1-9H3/t16-,17+,18+/m0/s1. The normalized spacial score (nSPS) is 22.2. The maximum absolute atomic E-state index is 13.0. The fraction of sp³-hybridized carbons (Fsp3) is 0.810. The molecule has 1 saturated heterocycles. The maximum atomic E-state index is 13.0. The van der Waals surface area contributed by atoms with Gasteiger partial charge in [0.15, 0.2) is 8.32 Å². The Morgan fingerprint density at radius 1 is 1.32 bits per heavy atom. The average Bonchev–Trinajstić information content (AvgIpc) is 3.05. The number of azide groups is 1. The minimum atomic E-state index is -2.10. The number of nitrogens with zero attached hydrogens (tertiary/aromatic N) is 5. The van der Waals surface area contributed by atoms with E-state index in [4.69, 9.17) is 14.7 Å². The third-order valence-electron chi connectivity index (χ3n) is 7.15. The third-order valence-corrected chi connectivity index (χ3v) is 11.7. The van der Waals surface area contributed by atoms with E-state index in [2.05, 4.69) is 50.8 Å². The first-order valence-electron chi connectivity index (χ1n) is 10.9. The summed E-state index contributed by atoms with van der Waals surface area (Å²) in [6.45, 7) is 18.8. The van der Waals surface area contributed by atoms with Gasteiger partial charge in [-0.25, -0.2) is 4.79 Å². The van der Waals surface area contributed by atoms with Gasteiger partial charge >= 0.3 is 5.69 Å². The van der Waals surface area contributed by atoms with E-state index in [0.717, 1.165) is 0 Å². The van der Waals surface area contributed by atoms with Crippen molar-refractivity contribution in [2.45, 2.75) is 97.4 Å². The molecule has 0 unspecified atom stereocenters. The molecule has 0 radical (unpaired) electrons. The molecule has 0 spiro atoms. The molecule has 9 nitrogen and oxygen atoms in total. The number of ether oxygens (including phenoxy) is 1. The molecular formula is C21H37N5O4Si. The molecule has 0 bridgehead atoms. The van der Waals surface area contributed by atoms with E-state index in [1.165, 1.54) is 15.3 Å². The predicted molar refractivity (Wildman–Crippen MR) is 124 cm³/mol. The lowest BCUT2D eigenvalue weighted by atomic mass is 9.99. The second kappa shape index (κ2) is 9.32. The second-order valence-corrected chi connectivity index (χ2v) is 14.7. The minimum Gasteiger partial charge on any atom is -0.414 e. The summed E-state index contributed by atoms with van der Waals surface area (Å²) in [6, 6.07) is -0.724. The topological polar surface area (TPSA) is 111 Å². The van der Waals surface area contributed by atoms with Crippen LogP contribution in [0.15, 0.2) is 20.9 Å². The van der Waals surface area contributed by atoms with Gasteiger partial charge in [-0.2, -0.15) is 0 Å². The first-order valence-corrected chi connectivity index (χ1v) is 13.8. The van der Waals surface area contributed by atoms with Crippen LogP contribution >= 0.6 is 0 Å². The number of aromatic nitrogens is 2. The van der Waals surface area contributed by atoms with Crippen molar-refractivity contribution >= 4 is 8.32 Å². The van der Waals surface area contributed by atoms with Crippen molar-refractivity contribution in [3.05, 3.63) is 43.0 Å². The molecule has 0 aromatic carbocycles. The van der Waals surface area contributed by atoms with Gasteiger partial charge in [0.1, 0.15) is 6.23 Å². The van der Waals surface area contributed by atoms with Gasteiger partial charge in [-0.1, -0.05) is 32.8 Å². The number of rotatable bonds is 8. The SMILES string of the molecule is Cc1cn([C@H]2C[C@H](N=[N+]=[N-])[C@@H](CO[Si](C)(C)C(C)(C)C(C)C)O2)c(=O)n(C(C)C)c1=O. The molecule has 0 N–H and O–H groups in total. The molecule has 0 aliphatic carbocycles. The molecule has 2 rings (SSSR count). The van der Waals surface area contributed by atoms with E-state index < -0.39 is 32.4 Å². The largest absolute Gasteiger partial charge is 0.414 e. The Morgan fingerprint density at radius 2 is 1.94 bits per heavy atom. The van der Waals surface area contributed by atoms with Gasteiger partial charge in [-0.3, -0.25) is 13.9 Å². The lowest BCUT2D eigenvalue weighted by Crippen LogP contribution is -2.47. The first kappa shape index (κ1) is 25.4. The van der Waals surface area contributed by atoms with Crippen LogP contribution in [0.1, 0.15) is 65.8 Å². The van der Waals surface area contributed by atoms with Crippen LogP contribution < -0.4 is 11.2 Å². The van der Waals surface area contributed by atoms with E-state index in [1.54, 1.807) is 20.8 Å². The van der Waals surface area contributed by atoms with Gasteiger partial charge < -0.3 is 9.16 Å². The Kier molecular flexibility index (Phi) is 7.63. The third kappa shape index (κ3) is 4.97. The molecule has 31 heavy (non-hydrogen) atoms. The van der Waals surface area contributed by atoms with Crippen LogP contribution in [0.3, 0.4) is 0 Å². The summed E-state index contributed by atoms with van der Waals surface area (Å²) in [5.74, 6) is 0.456. The summed E-state index contributed by atoms with van der Waals surface area (Å²) < 4.78 is 15.3. The zero-order chi connectivity index (χ0) is 23.7. The molecule has 0 amide bonds. The molecule has 1 aromatic heterocycles. The molecule has 0 saturated carbocycles. The predicted octanol–water partition coefficient (Wildman–Crippen LogP) is 4.52. The van der Waals surface area contributed by atoms with Crippen molar-refractivity contribution in [1.82, 2.24) is 9.13 Å². The van der Waals surface area contributed by atoms with Crippen molar-refractivity contribution < 1.29 is 9.16 Å². The molecule has 10 heteroatoms. The highest BCUT2D eigenvalue weighted by atomic mass is 28.4. The quantitative estimate of drug-likeness (QED) is 0.250. The summed E-state index contributed by atoms with van der Waals surface area (Å²) in [6.07, 6.45) is 0.806. The van der Waals surface area contributed by atoms with Crippen LogP contribution in [0.25, 0.3) is 10.4 Å². The average molecular weight is 452 g/mol. The van der Waals surface area contributed by atoms with E-state index in [0.29, 0.717) is 24.5 Å². The number of hydrogen-bond acceptors (Lipinski definition) is 5. The van der Waals surface area contributed by atoms with E-state index >= 15 is 0 Å². The molecule has 3 atom stereocenters. The number of hydrogen-bond donors (Lipinski definition) is 0. The molecule has 1 fully saturated rings. The van der Waals surface area contributed by atoms with Crippen molar-refractivity contribution in [3.63, 3.8) is 0 Å². The van der Waals surface area contributed by atoms with Crippen LogP contribution in [0.5, 0.6) is 0 Å². The highest BCUT2D eigenvalue weighted by Gasteiger charge is 2.45. The number of aryl methyl sites for hydroxylation is 1. The highest BCUT2D eigenvalue weighted by Crippen LogP contribution is 2.45. The summed E-state index contributed by atoms with van der Waals surface area (Å²) in [5.41, 5.74) is 8.78. The van der Waals surface area contributed by atoms with Gasteiger partial charge in [-0.15, -0.1) is 0 Å². The zero-order valence-corrected chi connectivity index (χ0v) is 21.2. The fourth-order valence-electron chi connectivity index (χ4n) is 3.78. The Bertz CT molecular complexity index is 959. The molecule has 1 aromatic rings. The molecule has 2 heterocycles.